The van der Waals surface area contributed by atoms with Crippen LogP contribution in [0.4, 0.5) is 4.39 Å². The Morgan fingerprint density at radius 2 is 1.90 bits per heavy atom. The fraction of sp³-hybridized carbons (Fsp3) is 0.0714. The molecule has 2 aromatic rings. The van der Waals surface area contributed by atoms with Crippen molar-refractivity contribution in [3.63, 3.8) is 0 Å². The van der Waals surface area contributed by atoms with E-state index in [1.807, 2.05) is 0 Å². The predicted octanol–water partition coefficient (Wildman–Crippen LogP) is 3.26. The van der Waals surface area contributed by atoms with Crippen molar-refractivity contribution >= 4 is 31.7 Å². The molecule has 1 N–H and O–H groups in total. The summed E-state index contributed by atoms with van der Waals surface area (Å²) < 4.78 is 39.0. The van der Waals surface area contributed by atoms with Gasteiger partial charge in [0.25, 0.3) is 0 Å². The number of aromatic carboxylic acids is 1. The van der Waals surface area contributed by atoms with Gasteiger partial charge >= 0.3 is 5.97 Å². The molecule has 110 valence electrons. The van der Waals surface area contributed by atoms with Crippen molar-refractivity contribution < 1.29 is 22.7 Å². The Kier molecular flexibility index (Phi) is 4.43. The van der Waals surface area contributed by atoms with Crippen LogP contribution >= 0.6 is 15.9 Å². The normalized spacial score (nSPS) is 11.3. The molecule has 21 heavy (non-hydrogen) atoms. The van der Waals surface area contributed by atoms with Gasteiger partial charge in [-0.05, 0) is 35.9 Å². The van der Waals surface area contributed by atoms with E-state index in [2.05, 4.69) is 15.9 Å². The van der Waals surface area contributed by atoms with Crippen molar-refractivity contribution in [3.05, 3.63) is 63.9 Å². The highest BCUT2D eigenvalue weighted by Gasteiger charge is 2.21. The second-order valence-electron chi connectivity index (χ2n) is 4.34. The first-order chi connectivity index (χ1) is 9.79. The van der Waals surface area contributed by atoms with Crippen LogP contribution in [0.15, 0.2) is 51.8 Å². The second-order valence-corrected chi connectivity index (χ2v) is 7.21. The summed E-state index contributed by atoms with van der Waals surface area (Å²) in [5.74, 6) is -2.75. The van der Waals surface area contributed by atoms with E-state index < -0.39 is 26.5 Å². The van der Waals surface area contributed by atoms with E-state index in [4.69, 9.17) is 5.11 Å². The van der Waals surface area contributed by atoms with Gasteiger partial charge in [-0.2, -0.15) is 0 Å². The first-order valence-electron chi connectivity index (χ1n) is 5.79. The Balaban J connectivity index is 2.38. The number of sulfone groups is 1. The van der Waals surface area contributed by atoms with Crippen molar-refractivity contribution in [2.24, 2.45) is 0 Å². The van der Waals surface area contributed by atoms with E-state index in [1.165, 1.54) is 0 Å². The lowest BCUT2D eigenvalue weighted by atomic mass is 10.2. The molecule has 0 saturated heterocycles. The molecule has 0 radical (unpaired) electrons. The molecule has 0 saturated carbocycles. The summed E-state index contributed by atoms with van der Waals surface area (Å²) in [4.78, 5) is 10.2. The Hall–Kier alpha value is -1.73. The first kappa shape index (κ1) is 15.7. The van der Waals surface area contributed by atoms with Crippen molar-refractivity contribution in [3.8, 4) is 0 Å². The van der Waals surface area contributed by atoms with E-state index in [0.717, 1.165) is 16.6 Å². The number of benzene rings is 2. The average Bonchev–Trinajstić information content (AvgIpc) is 2.37. The molecule has 0 amide bonds. The fourth-order valence-corrected chi connectivity index (χ4v) is 3.66. The number of carboxylic acid groups (broad SMARTS) is 1. The first-order valence-corrected chi connectivity index (χ1v) is 8.24. The van der Waals surface area contributed by atoms with Gasteiger partial charge in [-0.25, -0.2) is 17.6 Å². The summed E-state index contributed by atoms with van der Waals surface area (Å²) >= 11 is 3.23. The molecule has 4 nitrogen and oxygen atoms in total. The molecule has 0 heterocycles. The topological polar surface area (TPSA) is 71.4 Å². The molecule has 0 aromatic heterocycles. The van der Waals surface area contributed by atoms with Crippen LogP contribution < -0.4 is 0 Å². The minimum Gasteiger partial charge on any atom is -0.478 e. The standard InChI is InChI=1S/C14H10BrFO4S/c15-11-3-1-2-9(6-11)8-21(19,20)13-5-4-10(14(17)18)7-12(13)16/h1-7H,8H2,(H,17,18). The third-order valence-corrected chi connectivity index (χ3v) is 4.97. The quantitative estimate of drug-likeness (QED) is 0.893. The molecule has 0 fully saturated rings. The van der Waals surface area contributed by atoms with Crippen LogP contribution in [0.5, 0.6) is 0 Å². The lowest BCUT2D eigenvalue weighted by Gasteiger charge is -2.07. The van der Waals surface area contributed by atoms with Crippen LogP contribution in [0.25, 0.3) is 0 Å². The van der Waals surface area contributed by atoms with Gasteiger partial charge in [-0.3, -0.25) is 0 Å². The lowest BCUT2D eigenvalue weighted by molar-refractivity contribution is 0.0696. The van der Waals surface area contributed by atoms with E-state index in [1.54, 1.807) is 24.3 Å². The molecule has 2 rings (SSSR count). The molecule has 0 aliphatic heterocycles. The van der Waals surface area contributed by atoms with Crippen molar-refractivity contribution in [1.82, 2.24) is 0 Å². The SMILES string of the molecule is O=C(O)c1ccc(S(=O)(=O)Cc2cccc(Br)c2)c(F)c1. The Bertz CT molecular complexity index is 802. The largest absolute Gasteiger partial charge is 0.478 e. The van der Waals surface area contributed by atoms with Crippen LogP contribution in [-0.2, 0) is 15.6 Å². The van der Waals surface area contributed by atoms with Gasteiger partial charge in [0.05, 0.1) is 11.3 Å². The smallest absolute Gasteiger partial charge is 0.335 e. The molecule has 0 bridgehead atoms. The Morgan fingerprint density at radius 3 is 2.48 bits per heavy atom. The van der Waals surface area contributed by atoms with Gasteiger partial charge in [-0.15, -0.1) is 0 Å². The molecule has 2 aromatic carbocycles. The maximum atomic E-state index is 13.8. The van der Waals surface area contributed by atoms with Gasteiger partial charge in [0.1, 0.15) is 10.7 Å². The fourth-order valence-electron chi connectivity index (χ4n) is 1.81. The lowest BCUT2D eigenvalue weighted by Crippen LogP contribution is -2.08. The van der Waals surface area contributed by atoms with E-state index in [-0.39, 0.29) is 11.3 Å². The van der Waals surface area contributed by atoms with Crippen LogP contribution in [0, 0.1) is 5.82 Å². The molecular weight excluding hydrogens is 363 g/mol. The monoisotopic (exact) mass is 372 g/mol. The predicted molar refractivity (Wildman–Crippen MR) is 78.4 cm³/mol. The number of hydrogen-bond acceptors (Lipinski definition) is 3. The molecule has 0 aliphatic carbocycles. The number of hydrogen-bond donors (Lipinski definition) is 1. The highest BCUT2D eigenvalue weighted by atomic mass is 79.9. The van der Waals surface area contributed by atoms with Crippen molar-refractivity contribution in [2.45, 2.75) is 10.6 Å². The van der Waals surface area contributed by atoms with Crippen LogP contribution in [0.2, 0.25) is 0 Å². The number of rotatable bonds is 4. The second kappa shape index (κ2) is 5.95. The summed E-state index contributed by atoms with van der Waals surface area (Å²) in [5, 5.41) is 8.75. The van der Waals surface area contributed by atoms with E-state index in [0.29, 0.717) is 11.6 Å². The minimum absolute atomic E-state index is 0.297. The van der Waals surface area contributed by atoms with Crippen LogP contribution in [0.1, 0.15) is 15.9 Å². The summed E-state index contributed by atoms with van der Waals surface area (Å²) in [5.41, 5.74) is 0.208. The molecule has 7 heteroatoms. The summed E-state index contributed by atoms with van der Waals surface area (Å²) in [6, 6.07) is 9.42. The third kappa shape index (κ3) is 3.68. The van der Waals surface area contributed by atoms with Gasteiger partial charge in [0, 0.05) is 4.47 Å². The maximum absolute atomic E-state index is 13.8. The Morgan fingerprint density at radius 1 is 1.19 bits per heavy atom. The van der Waals surface area contributed by atoms with Crippen molar-refractivity contribution in [2.75, 3.05) is 0 Å². The summed E-state index contributed by atoms with van der Waals surface area (Å²) in [6.07, 6.45) is 0. The Labute approximate surface area is 129 Å². The van der Waals surface area contributed by atoms with E-state index >= 15 is 0 Å². The zero-order chi connectivity index (χ0) is 15.6. The molecule has 0 spiro atoms. The van der Waals surface area contributed by atoms with Gasteiger partial charge in [-0.1, -0.05) is 28.1 Å². The van der Waals surface area contributed by atoms with E-state index in [9.17, 15) is 17.6 Å². The number of carboxylic acids is 1. The summed E-state index contributed by atoms with van der Waals surface area (Å²) in [7, 11) is -3.89. The maximum Gasteiger partial charge on any atom is 0.335 e. The van der Waals surface area contributed by atoms with Crippen molar-refractivity contribution in [1.29, 1.82) is 0 Å². The highest BCUT2D eigenvalue weighted by molar-refractivity contribution is 9.10. The average molecular weight is 373 g/mol. The molecular formula is C14H10BrFO4S. The summed E-state index contributed by atoms with van der Waals surface area (Å²) in [6.45, 7) is 0. The van der Waals surface area contributed by atoms with Gasteiger partial charge in [0.15, 0.2) is 9.84 Å². The molecule has 0 unspecified atom stereocenters. The van der Waals surface area contributed by atoms with Gasteiger partial charge < -0.3 is 5.11 Å². The zero-order valence-electron chi connectivity index (χ0n) is 10.6. The zero-order valence-corrected chi connectivity index (χ0v) is 13.0. The van der Waals surface area contributed by atoms with Gasteiger partial charge in [0.2, 0.25) is 0 Å². The highest BCUT2D eigenvalue weighted by Crippen LogP contribution is 2.22. The molecule has 0 aliphatic rings. The van der Waals surface area contributed by atoms with Crippen LogP contribution in [-0.4, -0.2) is 19.5 Å². The molecule has 0 atom stereocenters. The van der Waals surface area contributed by atoms with Crippen LogP contribution in [0.3, 0.4) is 0 Å². The number of halogens is 2. The number of carbonyl (C=O) groups is 1. The third-order valence-electron chi connectivity index (χ3n) is 2.76. The minimum atomic E-state index is -3.89.